The van der Waals surface area contributed by atoms with Gasteiger partial charge in [-0.3, -0.25) is 9.59 Å². The quantitative estimate of drug-likeness (QED) is 0.819. The minimum absolute atomic E-state index is 0.00537. The first-order valence-electron chi connectivity index (χ1n) is 6.41. The van der Waals surface area contributed by atoms with Gasteiger partial charge in [0.25, 0.3) is 0 Å². The van der Waals surface area contributed by atoms with Crippen LogP contribution in [0.4, 0.5) is 0 Å². The lowest BCUT2D eigenvalue weighted by atomic mass is 9.78. The lowest BCUT2D eigenvalue weighted by molar-refractivity contribution is -0.152. The number of carboxylic acid groups (broad SMARTS) is 1. The average molecular weight is 241 g/mol. The number of aliphatic carboxylic acids is 1. The van der Waals surface area contributed by atoms with Crippen molar-refractivity contribution < 1.29 is 14.7 Å². The van der Waals surface area contributed by atoms with Crippen LogP contribution < -0.4 is 0 Å². The van der Waals surface area contributed by atoms with Crippen LogP contribution in [0.5, 0.6) is 0 Å². The standard InChI is InChI=1S/C13H23NO3/c1-9(2)8-14(3)12(15)10-6-4-5-7-11(10)13(16)17/h9-11H,4-8H2,1-3H3,(H,16,17)/t10-,11+/m1/s1. The van der Waals surface area contributed by atoms with E-state index in [9.17, 15) is 9.59 Å². The molecule has 0 heterocycles. The van der Waals surface area contributed by atoms with Crippen molar-refractivity contribution in [2.24, 2.45) is 17.8 Å². The molecule has 0 saturated heterocycles. The molecule has 0 spiro atoms. The molecule has 0 bridgehead atoms. The van der Waals surface area contributed by atoms with Crippen molar-refractivity contribution in [1.29, 1.82) is 0 Å². The highest BCUT2D eigenvalue weighted by Crippen LogP contribution is 2.31. The Balaban J connectivity index is 2.67. The molecule has 4 nitrogen and oxygen atoms in total. The zero-order chi connectivity index (χ0) is 13.0. The van der Waals surface area contributed by atoms with Gasteiger partial charge in [-0.2, -0.15) is 0 Å². The van der Waals surface area contributed by atoms with E-state index in [2.05, 4.69) is 13.8 Å². The summed E-state index contributed by atoms with van der Waals surface area (Å²) in [6, 6.07) is 0. The maximum absolute atomic E-state index is 12.2. The molecule has 1 saturated carbocycles. The van der Waals surface area contributed by atoms with E-state index in [1.165, 1.54) is 0 Å². The van der Waals surface area contributed by atoms with Crippen molar-refractivity contribution in [2.75, 3.05) is 13.6 Å². The van der Waals surface area contributed by atoms with Gasteiger partial charge in [-0.05, 0) is 18.8 Å². The molecule has 1 rings (SSSR count). The summed E-state index contributed by atoms with van der Waals surface area (Å²) in [6.45, 7) is 4.81. The van der Waals surface area contributed by atoms with Gasteiger partial charge in [0.15, 0.2) is 0 Å². The summed E-state index contributed by atoms with van der Waals surface area (Å²) >= 11 is 0. The fraction of sp³-hybridized carbons (Fsp3) is 0.846. The van der Waals surface area contributed by atoms with Crippen LogP contribution in [0.3, 0.4) is 0 Å². The number of carboxylic acids is 1. The van der Waals surface area contributed by atoms with Gasteiger partial charge in [0.1, 0.15) is 0 Å². The summed E-state index contributed by atoms with van der Waals surface area (Å²) in [5.74, 6) is -1.20. The van der Waals surface area contributed by atoms with E-state index in [1.54, 1.807) is 11.9 Å². The van der Waals surface area contributed by atoms with Gasteiger partial charge in [0.2, 0.25) is 5.91 Å². The maximum atomic E-state index is 12.2. The van der Waals surface area contributed by atoms with Crippen molar-refractivity contribution in [3.63, 3.8) is 0 Å². The molecule has 17 heavy (non-hydrogen) atoms. The first-order chi connectivity index (χ1) is 7.93. The highest BCUT2D eigenvalue weighted by atomic mass is 16.4. The van der Waals surface area contributed by atoms with Crippen LogP contribution in [0.2, 0.25) is 0 Å². The van der Waals surface area contributed by atoms with E-state index in [1.807, 2.05) is 0 Å². The van der Waals surface area contributed by atoms with Crippen molar-refractivity contribution in [3.8, 4) is 0 Å². The molecule has 1 fully saturated rings. The monoisotopic (exact) mass is 241 g/mol. The van der Waals surface area contributed by atoms with Crippen LogP contribution in [0.1, 0.15) is 39.5 Å². The molecule has 4 heteroatoms. The summed E-state index contributed by atoms with van der Waals surface area (Å²) in [5, 5.41) is 9.15. The summed E-state index contributed by atoms with van der Waals surface area (Å²) in [4.78, 5) is 25.0. The molecule has 0 aromatic rings. The Kier molecular flexibility index (Phi) is 4.97. The Morgan fingerprint density at radius 1 is 1.24 bits per heavy atom. The second-order valence-electron chi connectivity index (χ2n) is 5.45. The predicted molar refractivity (Wildman–Crippen MR) is 65.6 cm³/mol. The zero-order valence-corrected chi connectivity index (χ0v) is 11.0. The molecule has 0 unspecified atom stereocenters. The molecular weight excluding hydrogens is 218 g/mol. The number of nitrogens with zero attached hydrogens (tertiary/aromatic N) is 1. The van der Waals surface area contributed by atoms with Crippen molar-refractivity contribution in [1.82, 2.24) is 4.90 Å². The predicted octanol–water partition coefficient (Wildman–Crippen LogP) is 1.99. The number of amides is 1. The number of carbonyl (C=O) groups is 2. The number of carbonyl (C=O) groups excluding carboxylic acids is 1. The highest BCUT2D eigenvalue weighted by molar-refractivity contribution is 5.84. The van der Waals surface area contributed by atoms with Crippen LogP contribution in [0.15, 0.2) is 0 Å². The van der Waals surface area contributed by atoms with Crippen molar-refractivity contribution >= 4 is 11.9 Å². The highest BCUT2D eigenvalue weighted by Gasteiger charge is 2.36. The van der Waals surface area contributed by atoms with E-state index in [0.29, 0.717) is 18.9 Å². The maximum Gasteiger partial charge on any atom is 0.307 e. The number of rotatable bonds is 4. The molecule has 1 aliphatic rings. The van der Waals surface area contributed by atoms with E-state index in [4.69, 9.17) is 5.11 Å². The topological polar surface area (TPSA) is 57.6 Å². The van der Waals surface area contributed by atoms with Gasteiger partial charge in [-0.15, -0.1) is 0 Å². The molecule has 0 aromatic carbocycles. The first kappa shape index (κ1) is 14.0. The largest absolute Gasteiger partial charge is 0.481 e. The fourth-order valence-electron chi connectivity index (χ4n) is 2.64. The Labute approximate surface area is 103 Å². The Morgan fingerprint density at radius 2 is 1.76 bits per heavy atom. The van der Waals surface area contributed by atoms with E-state index >= 15 is 0 Å². The third-order valence-electron chi connectivity index (χ3n) is 3.42. The third kappa shape index (κ3) is 3.72. The lowest BCUT2D eigenvalue weighted by Crippen LogP contribution is -2.41. The average Bonchev–Trinajstić information content (AvgIpc) is 2.27. The summed E-state index contributed by atoms with van der Waals surface area (Å²) in [5.41, 5.74) is 0. The SMILES string of the molecule is CC(C)CN(C)C(=O)[C@@H]1CCCC[C@@H]1C(=O)O. The summed E-state index contributed by atoms with van der Waals surface area (Å²) in [7, 11) is 1.77. The molecular formula is C13H23NO3. The molecule has 1 amide bonds. The molecule has 0 aliphatic heterocycles. The van der Waals surface area contributed by atoms with Crippen molar-refractivity contribution in [2.45, 2.75) is 39.5 Å². The Morgan fingerprint density at radius 3 is 2.24 bits per heavy atom. The van der Waals surface area contributed by atoms with Gasteiger partial charge in [-0.1, -0.05) is 26.7 Å². The smallest absolute Gasteiger partial charge is 0.307 e. The lowest BCUT2D eigenvalue weighted by Gasteiger charge is -2.31. The normalized spacial score (nSPS) is 24.7. The fourth-order valence-corrected chi connectivity index (χ4v) is 2.64. The van der Waals surface area contributed by atoms with E-state index in [-0.39, 0.29) is 11.8 Å². The minimum atomic E-state index is -0.819. The van der Waals surface area contributed by atoms with E-state index in [0.717, 1.165) is 19.3 Å². The minimum Gasteiger partial charge on any atom is -0.481 e. The van der Waals surface area contributed by atoms with E-state index < -0.39 is 11.9 Å². The molecule has 0 radical (unpaired) electrons. The second-order valence-corrected chi connectivity index (χ2v) is 5.45. The Hall–Kier alpha value is -1.06. The van der Waals surface area contributed by atoms with Crippen LogP contribution >= 0.6 is 0 Å². The zero-order valence-electron chi connectivity index (χ0n) is 11.0. The van der Waals surface area contributed by atoms with Crippen LogP contribution in [0, 0.1) is 17.8 Å². The molecule has 1 aliphatic carbocycles. The molecule has 2 atom stereocenters. The molecule has 0 aromatic heterocycles. The van der Waals surface area contributed by atoms with Gasteiger partial charge < -0.3 is 10.0 Å². The van der Waals surface area contributed by atoms with Gasteiger partial charge >= 0.3 is 5.97 Å². The number of hydrogen-bond donors (Lipinski definition) is 1. The second kappa shape index (κ2) is 6.03. The molecule has 1 N–H and O–H groups in total. The Bertz CT molecular complexity index is 288. The summed E-state index contributed by atoms with van der Waals surface area (Å²) in [6.07, 6.45) is 3.25. The van der Waals surface area contributed by atoms with Gasteiger partial charge in [0, 0.05) is 13.6 Å². The number of hydrogen-bond acceptors (Lipinski definition) is 2. The van der Waals surface area contributed by atoms with Crippen molar-refractivity contribution in [3.05, 3.63) is 0 Å². The van der Waals surface area contributed by atoms with Gasteiger partial charge in [-0.25, -0.2) is 0 Å². The van der Waals surface area contributed by atoms with Crippen LogP contribution in [-0.2, 0) is 9.59 Å². The first-order valence-corrected chi connectivity index (χ1v) is 6.41. The summed E-state index contributed by atoms with van der Waals surface area (Å²) < 4.78 is 0. The molecule has 98 valence electrons. The van der Waals surface area contributed by atoms with Crippen LogP contribution in [0.25, 0.3) is 0 Å². The van der Waals surface area contributed by atoms with Crippen LogP contribution in [-0.4, -0.2) is 35.5 Å². The van der Waals surface area contributed by atoms with Gasteiger partial charge in [0.05, 0.1) is 11.8 Å². The third-order valence-corrected chi connectivity index (χ3v) is 3.42.